The molecule has 40 heavy (non-hydrogen) atoms. The SMILES string of the molecule is CNC(=O)[C@H](Cc1ccccc1)N(Cc1ccc(Br)cc1)C(=O)CN(c1ccccc1)S(=O)(=O)c1ccccc1. The second-order valence-electron chi connectivity index (χ2n) is 9.13. The summed E-state index contributed by atoms with van der Waals surface area (Å²) >= 11 is 3.43. The van der Waals surface area contributed by atoms with Crippen molar-refractivity contribution in [3.05, 3.63) is 131 Å². The van der Waals surface area contributed by atoms with Crippen LogP contribution in [0.5, 0.6) is 0 Å². The zero-order chi connectivity index (χ0) is 28.5. The first-order valence-electron chi connectivity index (χ1n) is 12.7. The van der Waals surface area contributed by atoms with Crippen LogP contribution in [0, 0.1) is 0 Å². The first kappa shape index (κ1) is 29.0. The number of likely N-dealkylation sites (N-methyl/N-ethyl adjacent to an activating group) is 1. The monoisotopic (exact) mass is 619 g/mol. The van der Waals surface area contributed by atoms with Crippen LogP contribution in [-0.4, -0.2) is 44.8 Å². The van der Waals surface area contributed by atoms with Gasteiger partial charge in [0.05, 0.1) is 10.6 Å². The van der Waals surface area contributed by atoms with Gasteiger partial charge in [-0.2, -0.15) is 0 Å². The molecule has 0 aliphatic rings. The second kappa shape index (κ2) is 13.4. The Bertz CT molecular complexity index is 1520. The topological polar surface area (TPSA) is 86.8 Å². The van der Waals surface area contributed by atoms with E-state index >= 15 is 0 Å². The summed E-state index contributed by atoms with van der Waals surface area (Å²) in [5, 5.41) is 2.68. The van der Waals surface area contributed by atoms with Gasteiger partial charge in [-0.15, -0.1) is 0 Å². The zero-order valence-corrected chi connectivity index (χ0v) is 24.4. The first-order chi connectivity index (χ1) is 19.3. The summed E-state index contributed by atoms with van der Waals surface area (Å²) in [5.74, 6) is -0.845. The summed E-state index contributed by atoms with van der Waals surface area (Å²) in [6.45, 7) is -0.370. The molecule has 0 radical (unpaired) electrons. The number of rotatable bonds is 11. The molecule has 1 atom stereocenters. The van der Waals surface area contributed by atoms with Crippen LogP contribution in [-0.2, 0) is 32.6 Å². The molecule has 0 unspecified atom stereocenters. The van der Waals surface area contributed by atoms with Gasteiger partial charge in [0.15, 0.2) is 0 Å². The van der Waals surface area contributed by atoms with Gasteiger partial charge in [-0.3, -0.25) is 13.9 Å². The average molecular weight is 621 g/mol. The van der Waals surface area contributed by atoms with E-state index in [1.54, 1.807) is 48.5 Å². The molecule has 0 aromatic heterocycles. The number of carbonyl (C=O) groups is 2. The number of para-hydroxylation sites is 1. The molecule has 1 N–H and O–H groups in total. The maximum Gasteiger partial charge on any atom is 0.264 e. The summed E-state index contributed by atoms with van der Waals surface area (Å²) < 4.78 is 29.6. The van der Waals surface area contributed by atoms with E-state index in [0.29, 0.717) is 5.69 Å². The van der Waals surface area contributed by atoms with E-state index in [-0.39, 0.29) is 23.8 Å². The number of amides is 2. The number of sulfonamides is 1. The van der Waals surface area contributed by atoms with E-state index < -0.39 is 28.5 Å². The third-order valence-electron chi connectivity index (χ3n) is 6.44. The number of benzene rings is 4. The molecule has 0 saturated heterocycles. The van der Waals surface area contributed by atoms with Crippen molar-refractivity contribution >= 4 is 43.5 Å². The fourth-order valence-corrected chi connectivity index (χ4v) is 6.05. The van der Waals surface area contributed by atoms with Crippen molar-refractivity contribution in [2.75, 3.05) is 17.9 Å². The predicted octanol–water partition coefficient (Wildman–Crippen LogP) is 5.03. The molecule has 0 heterocycles. The van der Waals surface area contributed by atoms with Crippen molar-refractivity contribution in [2.24, 2.45) is 0 Å². The lowest BCUT2D eigenvalue weighted by Gasteiger charge is -2.33. The average Bonchev–Trinajstić information content (AvgIpc) is 2.99. The fourth-order valence-electron chi connectivity index (χ4n) is 4.35. The molecule has 0 aliphatic heterocycles. The van der Waals surface area contributed by atoms with Crippen LogP contribution < -0.4 is 9.62 Å². The second-order valence-corrected chi connectivity index (χ2v) is 11.9. The normalized spacial score (nSPS) is 11.8. The van der Waals surface area contributed by atoms with Crippen molar-refractivity contribution in [3.8, 4) is 0 Å². The van der Waals surface area contributed by atoms with Gasteiger partial charge < -0.3 is 10.2 Å². The van der Waals surface area contributed by atoms with Gasteiger partial charge in [0.1, 0.15) is 12.6 Å². The lowest BCUT2D eigenvalue weighted by Crippen LogP contribution is -2.53. The van der Waals surface area contributed by atoms with Gasteiger partial charge in [0, 0.05) is 24.5 Å². The Morgan fingerprint density at radius 2 is 1.32 bits per heavy atom. The summed E-state index contributed by atoms with van der Waals surface area (Å²) in [5.41, 5.74) is 2.03. The van der Waals surface area contributed by atoms with Gasteiger partial charge in [0.25, 0.3) is 10.0 Å². The molecule has 4 aromatic rings. The van der Waals surface area contributed by atoms with E-state index in [4.69, 9.17) is 0 Å². The summed E-state index contributed by atoms with van der Waals surface area (Å²) in [6, 6.07) is 32.5. The number of nitrogens with zero attached hydrogens (tertiary/aromatic N) is 2. The third kappa shape index (κ3) is 7.16. The van der Waals surface area contributed by atoms with Crippen LogP contribution in [0.25, 0.3) is 0 Å². The Balaban J connectivity index is 1.76. The van der Waals surface area contributed by atoms with E-state index in [1.807, 2.05) is 54.6 Å². The van der Waals surface area contributed by atoms with Gasteiger partial charge in [-0.1, -0.05) is 94.8 Å². The highest BCUT2D eigenvalue weighted by atomic mass is 79.9. The summed E-state index contributed by atoms with van der Waals surface area (Å²) in [4.78, 5) is 28.9. The molecule has 0 aliphatic carbocycles. The van der Waals surface area contributed by atoms with Crippen molar-refractivity contribution < 1.29 is 18.0 Å². The lowest BCUT2D eigenvalue weighted by atomic mass is 10.0. The van der Waals surface area contributed by atoms with Crippen LogP contribution in [0.15, 0.2) is 125 Å². The molecule has 206 valence electrons. The number of carbonyl (C=O) groups excluding carboxylic acids is 2. The Kier molecular flexibility index (Phi) is 9.74. The van der Waals surface area contributed by atoms with Gasteiger partial charge >= 0.3 is 0 Å². The minimum absolute atomic E-state index is 0.0678. The van der Waals surface area contributed by atoms with E-state index in [2.05, 4.69) is 21.2 Å². The van der Waals surface area contributed by atoms with Gasteiger partial charge in [-0.25, -0.2) is 8.42 Å². The molecule has 9 heteroatoms. The van der Waals surface area contributed by atoms with Crippen LogP contribution in [0.4, 0.5) is 5.69 Å². The maximum atomic E-state index is 14.2. The minimum Gasteiger partial charge on any atom is -0.357 e. The zero-order valence-electron chi connectivity index (χ0n) is 22.0. The molecule has 4 rings (SSSR count). The molecule has 0 saturated carbocycles. The standard InChI is InChI=1S/C31H30BrN3O4S/c1-33-31(37)29(21-24-11-5-2-6-12-24)34(22-25-17-19-26(32)20-18-25)30(36)23-35(27-13-7-3-8-14-27)40(38,39)28-15-9-4-10-16-28/h2-20,29H,21-23H2,1H3,(H,33,37)/t29-/m0/s1. The van der Waals surface area contributed by atoms with Crippen molar-refractivity contribution in [1.29, 1.82) is 0 Å². The van der Waals surface area contributed by atoms with Crippen molar-refractivity contribution in [2.45, 2.75) is 23.9 Å². The summed E-state index contributed by atoms with van der Waals surface area (Å²) in [6.07, 6.45) is 0.263. The first-order valence-corrected chi connectivity index (χ1v) is 14.9. The molecular formula is C31H30BrN3O4S. The number of hydrogen-bond acceptors (Lipinski definition) is 4. The Morgan fingerprint density at radius 1 is 0.775 bits per heavy atom. The molecular weight excluding hydrogens is 590 g/mol. The van der Waals surface area contributed by atoms with E-state index in [1.165, 1.54) is 24.1 Å². The quantitative estimate of drug-likeness (QED) is 0.255. The Labute approximate surface area is 243 Å². The van der Waals surface area contributed by atoms with Crippen molar-refractivity contribution in [1.82, 2.24) is 10.2 Å². The molecule has 2 amide bonds. The van der Waals surface area contributed by atoms with Crippen LogP contribution in [0.1, 0.15) is 11.1 Å². The molecule has 4 aromatic carbocycles. The molecule has 0 bridgehead atoms. The molecule has 0 fully saturated rings. The van der Waals surface area contributed by atoms with Crippen molar-refractivity contribution in [3.63, 3.8) is 0 Å². The molecule has 0 spiro atoms. The number of halogens is 1. The van der Waals surface area contributed by atoms with Crippen LogP contribution >= 0.6 is 15.9 Å². The third-order valence-corrected chi connectivity index (χ3v) is 8.75. The largest absolute Gasteiger partial charge is 0.357 e. The Hall–Kier alpha value is -3.95. The highest BCUT2D eigenvalue weighted by molar-refractivity contribution is 9.10. The lowest BCUT2D eigenvalue weighted by molar-refractivity contribution is -0.139. The highest BCUT2D eigenvalue weighted by Gasteiger charge is 2.34. The fraction of sp³-hybridized carbons (Fsp3) is 0.161. The highest BCUT2D eigenvalue weighted by Crippen LogP contribution is 2.25. The smallest absolute Gasteiger partial charge is 0.264 e. The minimum atomic E-state index is -4.09. The summed E-state index contributed by atoms with van der Waals surface area (Å²) in [7, 11) is -2.57. The molecule has 7 nitrogen and oxygen atoms in total. The van der Waals surface area contributed by atoms with Crippen LogP contribution in [0.3, 0.4) is 0 Å². The predicted molar refractivity (Wildman–Crippen MR) is 160 cm³/mol. The van der Waals surface area contributed by atoms with Gasteiger partial charge in [-0.05, 0) is 47.5 Å². The number of nitrogens with one attached hydrogen (secondary N) is 1. The number of anilines is 1. The van der Waals surface area contributed by atoms with Gasteiger partial charge in [0.2, 0.25) is 11.8 Å². The van der Waals surface area contributed by atoms with Crippen LogP contribution in [0.2, 0.25) is 0 Å². The Morgan fingerprint density at radius 3 is 1.90 bits per heavy atom. The van der Waals surface area contributed by atoms with E-state index in [9.17, 15) is 18.0 Å². The van der Waals surface area contributed by atoms with E-state index in [0.717, 1.165) is 19.9 Å². The maximum absolute atomic E-state index is 14.2. The number of hydrogen-bond donors (Lipinski definition) is 1.